The second-order valence-corrected chi connectivity index (χ2v) is 4.98. The third-order valence-electron chi connectivity index (χ3n) is 3.17. The first-order chi connectivity index (χ1) is 6.29. The van der Waals surface area contributed by atoms with Gasteiger partial charge in [-0.1, -0.05) is 65.2 Å². The molecule has 0 bridgehead atoms. The van der Waals surface area contributed by atoms with Crippen molar-refractivity contribution in [3.63, 3.8) is 0 Å². The van der Waals surface area contributed by atoms with Gasteiger partial charge >= 0.3 is 0 Å². The molecule has 77 valence electrons. The highest BCUT2D eigenvalue weighted by Crippen LogP contribution is 2.27. The van der Waals surface area contributed by atoms with Gasteiger partial charge in [0.2, 0.25) is 0 Å². The van der Waals surface area contributed by atoms with E-state index in [0.717, 1.165) is 5.92 Å². The van der Waals surface area contributed by atoms with Gasteiger partial charge in [0.15, 0.2) is 0 Å². The summed E-state index contributed by atoms with van der Waals surface area (Å²) in [6, 6.07) is 0. The predicted octanol–water partition coefficient (Wildman–Crippen LogP) is 4.74. The smallest absolute Gasteiger partial charge is 0.0300 e. The molecule has 0 aromatic rings. The van der Waals surface area contributed by atoms with Gasteiger partial charge in [-0.25, -0.2) is 0 Å². The van der Waals surface area contributed by atoms with Gasteiger partial charge < -0.3 is 0 Å². The van der Waals surface area contributed by atoms with E-state index in [-0.39, 0.29) is 0 Å². The fourth-order valence-electron chi connectivity index (χ4n) is 2.50. The average Bonchev–Trinajstić information content (AvgIpc) is 2.17. The molecule has 1 fully saturated rings. The van der Waals surface area contributed by atoms with E-state index in [1.165, 1.54) is 57.8 Å². The van der Waals surface area contributed by atoms with Crippen molar-refractivity contribution in [2.75, 3.05) is 0 Å². The third-order valence-corrected chi connectivity index (χ3v) is 3.17. The molecule has 0 aromatic carbocycles. The first kappa shape index (κ1) is 11.1. The monoisotopic (exact) mass is 181 g/mol. The lowest BCUT2D eigenvalue weighted by molar-refractivity contribution is 0.409. The van der Waals surface area contributed by atoms with Crippen LogP contribution in [0.2, 0.25) is 0 Å². The molecule has 0 unspecified atom stereocenters. The summed E-state index contributed by atoms with van der Waals surface area (Å²) < 4.78 is 0. The molecular weight excluding hydrogens is 156 g/mol. The molecule has 1 rings (SSSR count). The van der Waals surface area contributed by atoms with Crippen LogP contribution in [0.15, 0.2) is 0 Å². The van der Waals surface area contributed by atoms with Gasteiger partial charge in [0.1, 0.15) is 0 Å². The van der Waals surface area contributed by atoms with E-state index in [9.17, 15) is 0 Å². The number of hydrogen-bond acceptors (Lipinski definition) is 0. The molecular formula is C13H25. The summed E-state index contributed by atoms with van der Waals surface area (Å²) in [6.45, 7) is 4.57. The van der Waals surface area contributed by atoms with Crippen molar-refractivity contribution in [1.82, 2.24) is 0 Å². The molecule has 0 heterocycles. The summed E-state index contributed by atoms with van der Waals surface area (Å²) in [7, 11) is 0. The highest BCUT2D eigenvalue weighted by atomic mass is 14.2. The molecule has 0 aliphatic heterocycles. The van der Waals surface area contributed by atoms with Crippen molar-refractivity contribution in [2.45, 2.75) is 71.6 Å². The largest absolute Gasteiger partial charge is 0.0594 e. The Morgan fingerprint density at radius 1 is 0.846 bits per heavy atom. The second-order valence-electron chi connectivity index (χ2n) is 4.98. The van der Waals surface area contributed by atoms with Crippen LogP contribution in [-0.4, -0.2) is 0 Å². The Morgan fingerprint density at radius 3 is 1.77 bits per heavy atom. The molecule has 0 saturated heterocycles. The van der Waals surface area contributed by atoms with Crippen molar-refractivity contribution >= 4 is 0 Å². The molecule has 1 aliphatic rings. The van der Waals surface area contributed by atoms with Gasteiger partial charge in [0.25, 0.3) is 0 Å². The van der Waals surface area contributed by atoms with Crippen LogP contribution >= 0.6 is 0 Å². The average molecular weight is 181 g/mol. The van der Waals surface area contributed by atoms with Gasteiger partial charge in [0, 0.05) is 0 Å². The minimum atomic E-state index is 1.02. The van der Waals surface area contributed by atoms with Gasteiger partial charge in [-0.2, -0.15) is 0 Å². The Labute approximate surface area is 84.1 Å². The van der Waals surface area contributed by atoms with Gasteiger partial charge in [0.05, 0.1) is 0 Å². The van der Waals surface area contributed by atoms with Crippen LogP contribution in [-0.2, 0) is 0 Å². The van der Waals surface area contributed by atoms with Crippen LogP contribution < -0.4 is 0 Å². The second kappa shape index (κ2) is 6.45. The van der Waals surface area contributed by atoms with E-state index in [4.69, 9.17) is 0 Å². The summed E-state index contributed by atoms with van der Waals surface area (Å²) in [5.41, 5.74) is 0. The van der Waals surface area contributed by atoms with Crippen molar-refractivity contribution < 1.29 is 0 Å². The summed E-state index contributed by atoms with van der Waals surface area (Å²) >= 11 is 0. The summed E-state index contributed by atoms with van der Waals surface area (Å²) in [5, 5.41) is 0. The molecule has 0 nitrogen and oxygen atoms in total. The maximum Gasteiger partial charge on any atom is -0.0300 e. The Bertz CT molecular complexity index is 105. The molecule has 0 aromatic heterocycles. The van der Waals surface area contributed by atoms with Crippen molar-refractivity contribution in [3.8, 4) is 0 Å². The Kier molecular flexibility index (Phi) is 5.50. The van der Waals surface area contributed by atoms with E-state index in [0.29, 0.717) is 0 Å². The highest BCUT2D eigenvalue weighted by Gasteiger charge is 2.11. The van der Waals surface area contributed by atoms with E-state index in [2.05, 4.69) is 13.8 Å². The van der Waals surface area contributed by atoms with Crippen LogP contribution in [0.4, 0.5) is 0 Å². The SMILES string of the molecule is C[C](C)CC1CCCCCCCC1. The molecule has 0 amide bonds. The molecule has 13 heavy (non-hydrogen) atoms. The summed E-state index contributed by atoms with van der Waals surface area (Å²) in [5.74, 6) is 2.65. The van der Waals surface area contributed by atoms with Crippen LogP contribution in [0, 0.1) is 11.8 Å². The fourth-order valence-corrected chi connectivity index (χ4v) is 2.50. The van der Waals surface area contributed by atoms with Gasteiger partial charge in [-0.3, -0.25) is 0 Å². The quantitative estimate of drug-likeness (QED) is 0.577. The lowest BCUT2D eigenvalue weighted by Crippen LogP contribution is -2.03. The number of hydrogen-bond donors (Lipinski definition) is 0. The lowest BCUT2D eigenvalue weighted by atomic mass is 9.89. The minimum absolute atomic E-state index is 1.02. The third kappa shape index (κ3) is 5.33. The van der Waals surface area contributed by atoms with Crippen molar-refractivity contribution in [2.24, 2.45) is 5.92 Å². The summed E-state index contributed by atoms with van der Waals surface area (Å²) in [4.78, 5) is 0. The van der Waals surface area contributed by atoms with E-state index in [1.807, 2.05) is 0 Å². The first-order valence-corrected chi connectivity index (χ1v) is 6.08. The molecule has 0 spiro atoms. The molecule has 0 atom stereocenters. The highest BCUT2D eigenvalue weighted by molar-refractivity contribution is 4.81. The van der Waals surface area contributed by atoms with Crippen LogP contribution in [0.1, 0.15) is 71.6 Å². The number of rotatable bonds is 2. The zero-order chi connectivity index (χ0) is 9.52. The zero-order valence-electron chi connectivity index (χ0n) is 9.44. The molecule has 0 N–H and O–H groups in total. The first-order valence-electron chi connectivity index (χ1n) is 6.08. The van der Waals surface area contributed by atoms with Crippen molar-refractivity contribution in [3.05, 3.63) is 5.92 Å². The molecule has 1 aliphatic carbocycles. The maximum atomic E-state index is 2.28. The van der Waals surface area contributed by atoms with Gasteiger partial charge in [-0.05, 0) is 18.3 Å². The topological polar surface area (TPSA) is 0 Å². The van der Waals surface area contributed by atoms with Crippen LogP contribution in [0.3, 0.4) is 0 Å². The van der Waals surface area contributed by atoms with E-state index < -0.39 is 0 Å². The molecule has 0 heteroatoms. The minimum Gasteiger partial charge on any atom is -0.0594 e. The van der Waals surface area contributed by atoms with Crippen molar-refractivity contribution in [1.29, 1.82) is 0 Å². The Morgan fingerprint density at radius 2 is 1.31 bits per heavy atom. The Hall–Kier alpha value is 0. The van der Waals surface area contributed by atoms with Gasteiger partial charge in [-0.15, -0.1) is 0 Å². The molecule has 1 saturated carbocycles. The van der Waals surface area contributed by atoms with E-state index in [1.54, 1.807) is 5.92 Å². The normalized spacial score (nSPS) is 22.4. The maximum absolute atomic E-state index is 2.28. The van der Waals surface area contributed by atoms with Crippen LogP contribution in [0.25, 0.3) is 0 Å². The summed E-state index contributed by atoms with van der Waals surface area (Å²) in [6.07, 6.45) is 13.3. The van der Waals surface area contributed by atoms with Crippen LogP contribution in [0.5, 0.6) is 0 Å². The molecule has 1 radical (unpaired) electrons. The lowest BCUT2D eigenvalue weighted by Gasteiger charge is -2.17. The zero-order valence-corrected chi connectivity index (χ0v) is 9.44. The predicted molar refractivity (Wildman–Crippen MR) is 59.6 cm³/mol. The van der Waals surface area contributed by atoms with E-state index >= 15 is 0 Å². The Balaban J connectivity index is 2.24. The standard InChI is InChI=1S/C13H25/c1-12(2)11-13-9-7-5-3-4-6-8-10-13/h13H,3-11H2,1-2H3. The fraction of sp³-hybridized carbons (Fsp3) is 0.923.